The molecule has 3 N–H and O–H groups in total. The van der Waals surface area contributed by atoms with Crippen molar-refractivity contribution >= 4 is 17.3 Å². The number of rotatable bonds is 6. The number of ether oxygens (including phenoxy) is 1. The van der Waals surface area contributed by atoms with Crippen LogP contribution in [0.1, 0.15) is 44.0 Å². The Morgan fingerprint density at radius 3 is 2.72 bits per heavy atom. The summed E-state index contributed by atoms with van der Waals surface area (Å²) in [5.41, 5.74) is 7.86. The minimum atomic E-state index is -0.336. The van der Waals surface area contributed by atoms with Gasteiger partial charge in [-0.1, -0.05) is 13.3 Å². The maximum Gasteiger partial charge on any atom is 0.338 e. The van der Waals surface area contributed by atoms with E-state index < -0.39 is 0 Å². The van der Waals surface area contributed by atoms with Gasteiger partial charge in [-0.2, -0.15) is 0 Å². The third-order valence-electron chi connectivity index (χ3n) is 2.69. The van der Waals surface area contributed by atoms with Crippen molar-refractivity contribution in [1.29, 1.82) is 0 Å². The first-order valence-corrected chi connectivity index (χ1v) is 6.41. The number of hydrogen-bond acceptors (Lipinski definition) is 4. The van der Waals surface area contributed by atoms with Gasteiger partial charge in [-0.15, -0.1) is 0 Å². The van der Waals surface area contributed by atoms with Crippen LogP contribution in [0.2, 0.25) is 0 Å². The number of hydrogen-bond donors (Lipinski definition) is 2. The molecule has 0 spiro atoms. The first kappa shape index (κ1) is 14.4. The van der Waals surface area contributed by atoms with Crippen LogP contribution in [0.15, 0.2) is 18.2 Å². The zero-order chi connectivity index (χ0) is 13.5. The molecule has 0 aliphatic heterocycles. The Kier molecular flexibility index (Phi) is 5.49. The van der Waals surface area contributed by atoms with Gasteiger partial charge in [0.15, 0.2) is 0 Å². The van der Waals surface area contributed by atoms with Gasteiger partial charge in [0.1, 0.15) is 0 Å². The molecule has 4 heteroatoms. The molecule has 4 nitrogen and oxygen atoms in total. The highest BCUT2D eigenvalue weighted by Gasteiger charge is 2.10. The van der Waals surface area contributed by atoms with Crippen LogP contribution < -0.4 is 11.1 Å². The summed E-state index contributed by atoms with van der Waals surface area (Å²) >= 11 is 0. The van der Waals surface area contributed by atoms with Crippen molar-refractivity contribution in [3.63, 3.8) is 0 Å². The second-order valence-electron chi connectivity index (χ2n) is 4.36. The van der Waals surface area contributed by atoms with Crippen LogP contribution in [-0.4, -0.2) is 18.6 Å². The fourth-order valence-electron chi connectivity index (χ4n) is 1.81. The van der Waals surface area contributed by atoms with Crippen LogP contribution in [0.3, 0.4) is 0 Å². The second-order valence-corrected chi connectivity index (χ2v) is 4.36. The summed E-state index contributed by atoms with van der Waals surface area (Å²) in [7, 11) is 0. The van der Waals surface area contributed by atoms with Crippen LogP contribution in [0.4, 0.5) is 11.4 Å². The summed E-state index contributed by atoms with van der Waals surface area (Å²) < 4.78 is 4.93. The fourth-order valence-corrected chi connectivity index (χ4v) is 1.81. The molecule has 1 rings (SSSR count). The van der Waals surface area contributed by atoms with E-state index in [1.807, 2.05) is 6.07 Å². The lowest BCUT2D eigenvalue weighted by Crippen LogP contribution is -2.16. The van der Waals surface area contributed by atoms with Crippen LogP contribution in [0.5, 0.6) is 0 Å². The van der Waals surface area contributed by atoms with Crippen molar-refractivity contribution in [2.45, 2.75) is 39.7 Å². The third-order valence-corrected chi connectivity index (χ3v) is 2.69. The second kappa shape index (κ2) is 6.89. The Morgan fingerprint density at radius 2 is 2.17 bits per heavy atom. The molecule has 0 fully saturated rings. The van der Waals surface area contributed by atoms with Crippen LogP contribution in [0, 0.1) is 0 Å². The summed E-state index contributed by atoms with van der Waals surface area (Å²) in [5.74, 6) is -0.336. The molecule has 0 saturated carbocycles. The van der Waals surface area contributed by atoms with Crippen molar-refractivity contribution in [3.05, 3.63) is 23.8 Å². The molecule has 0 bridgehead atoms. The zero-order valence-corrected chi connectivity index (χ0v) is 11.3. The first-order chi connectivity index (χ1) is 8.58. The zero-order valence-electron chi connectivity index (χ0n) is 11.3. The van der Waals surface area contributed by atoms with E-state index in [-0.39, 0.29) is 5.97 Å². The molecule has 100 valence electrons. The van der Waals surface area contributed by atoms with Crippen molar-refractivity contribution < 1.29 is 9.53 Å². The predicted octanol–water partition coefficient (Wildman–Crippen LogP) is 3.05. The van der Waals surface area contributed by atoms with Crippen molar-refractivity contribution in [3.8, 4) is 0 Å². The largest absolute Gasteiger partial charge is 0.462 e. The SMILES string of the molecule is CCCC(C)Nc1ccc(C(=O)OCC)cc1N. The van der Waals surface area contributed by atoms with Gasteiger partial charge < -0.3 is 15.8 Å². The summed E-state index contributed by atoms with van der Waals surface area (Å²) in [6.07, 6.45) is 2.20. The van der Waals surface area contributed by atoms with Crippen molar-refractivity contribution in [2.75, 3.05) is 17.7 Å². The average molecular weight is 250 g/mol. The number of carbonyl (C=O) groups excluding carboxylic acids is 1. The van der Waals surface area contributed by atoms with Crippen LogP contribution in [-0.2, 0) is 4.74 Å². The molecule has 0 amide bonds. The summed E-state index contributed by atoms with van der Waals surface area (Å²) in [4.78, 5) is 11.5. The molecule has 1 atom stereocenters. The first-order valence-electron chi connectivity index (χ1n) is 6.41. The molecule has 18 heavy (non-hydrogen) atoms. The van der Waals surface area contributed by atoms with E-state index in [1.54, 1.807) is 19.1 Å². The van der Waals surface area contributed by atoms with Gasteiger partial charge in [0.05, 0.1) is 23.5 Å². The number of nitrogens with one attached hydrogen (secondary N) is 1. The quantitative estimate of drug-likeness (QED) is 0.601. The minimum Gasteiger partial charge on any atom is -0.462 e. The Bertz CT molecular complexity index is 405. The Balaban J connectivity index is 2.76. The molecule has 0 heterocycles. The lowest BCUT2D eigenvalue weighted by Gasteiger charge is -2.16. The monoisotopic (exact) mass is 250 g/mol. The van der Waals surface area contributed by atoms with Crippen molar-refractivity contribution in [2.24, 2.45) is 0 Å². The summed E-state index contributed by atoms with van der Waals surface area (Å²) in [6, 6.07) is 5.58. The summed E-state index contributed by atoms with van der Waals surface area (Å²) in [5, 5.41) is 3.33. The van der Waals surface area contributed by atoms with E-state index in [1.165, 1.54) is 0 Å². The van der Waals surface area contributed by atoms with E-state index >= 15 is 0 Å². The molecule has 0 saturated heterocycles. The van der Waals surface area contributed by atoms with Gasteiger partial charge in [-0.25, -0.2) is 4.79 Å². The molecule has 1 aromatic carbocycles. The molecule has 0 radical (unpaired) electrons. The number of nitrogens with two attached hydrogens (primary N) is 1. The molecular weight excluding hydrogens is 228 g/mol. The Hall–Kier alpha value is -1.71. The smallest absolute Gasteiger partial charge is 0.338 e. The van der Waals surface area contributed by atoms with Gasteiger partial charge in [0, 0.05) is 6.04 Å². The number of esters is 1. The van der Waals surface area contributed by atoms with E-state index in [2.05, 4.69) is 19.2 Å². The highest BCUT2D eigenvalue weighted by Crippen LogP contribution is 2.22. The number of nitrogen functional groups attached to an aromatic ring is 1. The predicted molar refractivity (Wildman–Crippen MR) is 74.8 cm³/mol. The van der Waals surface area contributed by atoms with Crippen LogP contribution >= 0.6 is 0 Å². The maximum absolute atomic E-state index is 11.5. The number of anilines is 2. The third kappa shape index (κ3) is 3.95. The fraction of sp³-hybridized carbons (Fsp3) is 0.500. The van der Waals surface area contributed by atoms with Crippen molar-refractivity contribution in [1.82, 2.24) is 0 Å². The molecule has 1 unspecified atom stereocenters. The standard InChI is InChI=1S/C14H22N2O2/c1-4-6-10(3)16-13-8-7-11(9-12(13)15)14(17)18-5-2/h7-10,16H,4-6,15H2,1-3H3. The van der Waals surface area contributed by atoms with Gasteiger partial charge in [0.2, 0.25) is 0 Å². The molecule has 0 aromatic heterocycles. The normalized spacial score (nSPS) is 11.9. The summed E-state index contributed by atoms with van der Waals surface area (Å²) in [6.45, 7) is 6.41. The molecule has 0 aliphatic carbocycles. The molecule has 0 aliphatic rings. The van der Waals surface area contributed by atoms with E-state index in [0.29, 0.717) is 23.9 Å². The highest BCUT2D eigenvalue weighted by molar-refractivity contribution is 5.91. The number of benzene rings is 1. The Morgan fingerprint density at radius 1 is 1.44 bits per heavy atom. The minimum absolute atomic E-state index is 0.336. The van der Waals surface area contributed by atoms with Gasteiger partial charge >= 0.3 is 5.97 Å². The van der Waals surface area contributed by atoms with Crippen LogP contribution in [0.25, 0.3) is 0 Å². The lowest BCUT2D eigenvalue weighted by atomic mass is 10.1. The highest BCUT2D eigenvalue weighted by atomic mass is 16.5. The molecule has 1 aromatic rings. The van der Waals surface area contributed by atoms with E-state index in [0.717, 1.165) is 18.5 Å². The van der Waals surface area contributed by atoms with E-state index in [9.17, 15) is 4.79 Å². The van der Waals surface area contributed by atoms with Gasteiger partial charge in [0.25, 0.3) is 0 Å². The molecular formula is C14H22N2O2. The lowest BCUT2D eigenvalue weighted by molar-refractivity contribution is 0.0526. The van der Waals surface area contributed by atoms with Gasteiger partial charge in [-0.05, 0) is 38.5 Å². The Labute approximate surface area is 109 Å². The van der Waals surface area contributed by atoms with Gasteiger partial charge in [-0.3, -0.25) is 0 Å². The maximum atomic E-state index is 11.5. The van der Waals surface area contributed by atoms with E-state index in [4.69, 9.17) is 10.5 Å². The topological polar surface area (TPSA) is 64.3 Å². The number of carbonyl (C=O) groups is 1. The average Bonchev–Trinajstić information content (AvgIpc) is 2.32.